The molecular formula is C34H58N2O4. The van der Waals surface area contributed by atoms with E-state index in [0.717, 1.165) is 38.2 Å². The number of nitrogens with zero attached hydrogens (tertiary/aromatic N) is 2. The normalized spacial score (nSPS) is 13.8. The lowest BCUT2D eigenvalue weighted by Crippen LogP contribution is -2.28. The third-order valence-electron chi connectivity index (χ3n) is 7.65. The molecule has 0 fully saturated rings. The minimum atomic E-state index is -0.307. The van der Waals surface area contributed by atoms with Crippen LogP contribution in [-0.4, -0.2) is 62.0 Å². The monoisotopic (exact) mass is 558 g/mol. The van der Waals surface area contributed by atoms with Gasteiger partial charge in [0.25, 0.3) is 0 Å². The highest BCUT2D eigenvalue weighted by Gasteiger charge is 2.18. The largest absolute Gasteiger partial charge is 0.459 e. The highest BCUT2D eigenvalue weighted by atomic mass is 16.6. The first-order valence-electron chi connectivity index (χ1n) is 16.2. The van der Waals surface area contributed by atoms with Crippen LogP contribution in [0.2, 0.25) is 0 Å². The lowest BCUT2D eigenvalue weighted by atomic mass is 10.0. The Bertz CT molecular complexity index is 800. The molecule has 1 heterocycles. The predicted octanol–water partition coefficient (Wildman–Crippen LogP) is 8.31. The first-order chi connectivity index (χ1) is 19.7. The van der Waals surface area contributed by atoms with Crippen LogP contribution in [0.25, 0.3) is 0 Å². The van der Waals surface area contributed by atoms with Crippen molar-refractivity contribution in [2.75, 3.05) is 40.1 Å². The smallest absolute Gasteiger partial charge is 0.338 e. The molecule has 1 aliphatic rings. The van der Waals surface area contributed by atoms with Gasteiger partial charge in [0.2, 0.25) is 0 Å². The second kappa shape index (κ2) is 22.6. The Hall–Kier alpha value is -2.05. The number of hydrogen-bond donors (Lipinski definition) is 0. The average molecular weight is 559 g/mol. The van der Waals surface area contributed by atoms with Gasteiger partial charge in [0.15, 0.2) is 0 Å². The van der Waals surface area contributed by atoms with Gasteiger partial charge < -0.3 is 24.0 Å². The van der Waals surface area contributed by atoms with Gasteiger partial charge >= 0.3 is 5.97 Å². The first-order valence-corrected chi connectivity index (χ1v) is 16.2. The minimum Gasteiger partial charge on any atom is -0.459 e. The van der Waals surface area contributed by atoms with Gasteiger partial charge in [0.1, 0.15) is 12.7 Å². The summed E-state index contributed by atoms with van der Waals surface area (Å²) in [5.74, 6) is -0.307. The van der Waals surface area contributed by atoms with Gasteiger partial charge in [0, 0.05) is 39.2 Å². The highest BCUT2D eigenvalue weighted by Crippen LogP contribution is 2.17. The molecule has 1 atom stereocenters. The predicted molar refractivity (Wildman–Crippen MR) is 165 cm³/mol. The van der Waals surface area contributed by atoms with Crippen LogP contribution in [0, 0.1) is 0 Å². The first kappa shape index (κ1) is 34.2. The van der Waals surface area contributed by atoms with Crippen LogP contribution in [0.5, 0.6) is 0 Å². The van der Waals surface area contributed by atoms with E-state index < -0.39 is 0 Å². The highest BCUT2D eigenvalue weighted by molar-refractivity contribution is 5.91. The number of unbranched alkanes of at least 4 members (excludes halogenated alkanes) is 13. The quantitative estimate of drug-likeness (QED) is 0.0888. The van der Waals surface area contributed by atoms with Crippen LogP contribution in [0.3, 0.4) is 0 Å². The van der Waals surface area contributed by atoms with Gasteiger partial charge in [-0.25, -0.2) is 4.79 Å². The summed E-state index contributed by atoms with van der Waals surface area (Å²) in [6.07, 6.45) is 24.0. The molecule has 6 nitrogen and oxygen atoms in total. The lowest BCUT2D eigenvalue weighted by molar-refractivity contribution is -0.0315. The summed E-state index contributed by atoms with van der Waals surface area (Å²) >= 11 is 0. The fourth-order valence-corrected chi connectivity index (χ4v) is 5.17. The molecule has 40 heavy (non-hydrogen) atoms. The zero-order valence-electron chi connectivity index (χ0n) is 25.9. The van der Waals surface area contributed by atoms with Crippen molar-refractivity contribution in [1.29, 1.82) is 0 Å². The van der Waals surface area contributed by atoms with Gasteiger partial charge in [-0.1, -0.05) is 116 Å². The van der Waals surface area contributed by atoms with Gasteiger partial charge in [0.05, 0.1) is 18.8 Å². The molecule has 0 saturated heterocycles. The van der Waals surface area contributed by atoms with Crippen LogP contribution in [-0.2, 0) is 20.8 Å². The second-order valence-corrected chi connectivity index (χ2v) is 11.3. The van der Waals surface area contributed by atoms with Crippen molar-refractivity contribution in [3.8, 4) is 0 Å². The zero-order valence-corrected chi connectivity index (χ0v) is 25.9. The summed E-state index contributed by atoms with van der Waals surface area (Å²) in [5.41, 5.74) is 1.58. The number of carbonyl (C=O) groups is 1. The number of carbonyl (C=O) groups excluding carboxylic acids is 1. The van der Waals surface area contributed by atoms with Crippen molar-refractivity contribution in [2.24, 2.45) is 0 Å². The summed E-state index contributed by atoms with van der Waals surface area (Å²) in [6, 6.07) is 7.70. The number of hydrogen-bond acceptors (Lipinski definition) is 6. The van der Waals surface area contributed by atoms with Crippen molar-refractivity contribution in [3.05, 3.63) is 47.8 Å². The molecule has 2 rings (SSSR count). The van der Waals surface area contributed by atoms with Crippen molar-refractivity contribution in [1.82, 2.24) is 9.80 Å². The summed E-state index contributed by atoms with van der Waals surface area (Å²) in [7, 11) is 1.64. The maximum atomic E-state index is 12.9. The Kier molecular flexibility index (Phi) is 19.3. The Morgan fingerprint density at radius 1 is 0.775 bits per heavy atom. The fourth-order valence-electron chi connectivity index (χ4n) is 5.17. The number of esters is 1. The van der Waals surface area contributed by atoms with Gasteiger partial charge in [-0.05, 0) is 24.5 Å². The van der Waals surface area contributed by atoms with Crippen molar-refractivity contribution < 1.29 is 19.0 Å². The van der Waals surface area contributed by atoms with Crippen molar-refractivity contribution in [2.45, 2.75) is 123 Å². The molecule has 0 aromatic heterocycles. The van der Waals surface area contributed by atoms with Crippen LogP contribution >= 0.6 is 0 Å². The average Bonchev–Trinajstić information content (AvgIpc) is 3.41. The molecule has 0 spiro atoms. The molecule has 0 aliphatic carbocycles. The molecule has 1 aromatic carbocycles. The van der Waals surface area contributed by atoms with Gasteiger partial charge in [-0.15, -0.1) is 0 Å². The van der Waals surface area contributed by atoms with Crippen LogP contribution in [0.1, 0.15) is 126 Å². The fraction of sp³-hybridized carbons (Fsp3) is 0.735. The van der Waals surface area contributed by atoms with Gasteiger partial charge in [-0.3, -0.25) is 0 Å². The number of benzene rings is 1. The van der Waals surface area contributed by atoms with E-state index in [4.69, 9.17) is 14.2 Å². The van der Waals surface area contributed by atoms with Crippen LogP contribution < -0.4 is 0 Å². The summed E-state index contributed by atoms with van der Waals surface area (Å²) < 4.78 is 17.0. The standard InChI is InChI=1S/C34H58N2O4/c1-4-6-7-8-9-10-11-12-13-14-15-16-17-20-26-39-28-32(38-3)29-40-34(37)33-22-19-18-21-31(33)27-36-25-24-35(30-36)23-5-2/h18-19,21-22,24-25,32H,4-17,20,23,26-30H2,1-3H3. The molecule has 1 aliphatic heterocycles. The summed E-state index contributed by atoms with van der Waals surface area (Å²) in [6.45, 7) is 8.38. The molecule has 0 N–H and O–H groups in total. The maximum Gasteiger partial charge on any atom is 0.338 e. The van der Waals surface area contributed by atoms with Crippen LogP contribution in [0.15, 0.2) is 36.7 Å². The topological polar surface area (TPSA) is 51.2 Å². The van der Waals surface area contributed by atoms with Crippen LogP contribution in [0.4, 0.5) is 0 Å². The third-order valence-corrected chi connectivity index (χ3v) is 7.65. The Balaban J connectivity index is 1.51. The second-order valence-electron chi connectivity index (χ2n) is 11.3. The van der Waals surface area contributed by atoms with E-state index in [1.807, 2.05) is 24.3 Å². The number of rotatable bonds is 25. The number of ether oxygens (including phenoxy) is 3. The van der Waals surface area contributed by atoms with E-state index in [1.165, 1.54) is 83.5 Å². The molecule has 1 unspecified atom stereocenters. The summed E-state index contributed by atoms with van der Waals surface area (Å²) in [4.78, 5) is 17.4. The van der Waals surface area contributed by atoms with E-state index in [2.05, 4.69) is 36.0 Å². The molecule has 0 bridgehead atoms. The van der Waals surface area contributed by atoms with Crippen molar-refractivity contribution >= 4 is 5.97 Å². The minimum absolute atomic E-state index is 0.191. The third kappa shape index (κ3) is 15.1. The van der Waals surface area contributed by atoms with Gasteiger partial charge in [-0.2, -0.15) is 0 Å². The molecule has 228 valence electrons. The Labute approximate surface area is 245 Å². The van der Waals surface area contributed by atoms with E-state index in [-0.39, 0.29) is 18.7 Å². The maximum absolute atomic E-state index is 12.9. The van der Waals surface area contributed by atoms with E-state index in [1.54, 1.807) is 7.11 Å². The lowest BCUT2D eigenvalue weighted by Gasteiger charge is -2.22. The number of methoxy groups -OCH3 is 1. The molecule has 0 radical (unpaired) electrons. The molecule has 1 aromatic rings. The van der Waals surface area contributed by atoms with Crippen molar-refractivity contribution in [3.63, 3.8) is 0 Å². The molecule has 6 heteroatoms. The zero-order chi connectivity index (χ0) is 28.7. The Morgan fingerprint density at radius 2 is 1.38 bits per heavy atom. The van der Waals surface area contributed by atoms with E-state index in [0.29, 0.717) is 18.7 Å². The SMILES string of the molecule is CCCCCCCCCCCCCCCCOCC(COC(=O)c1ccccc1CN1C=CN(CCC)C1)OC. The molecular weight excluding hydrogens is 500 g/mol. The summed E-state index contributed by atoms with van der Waals surface area (Å²) in [5, 5.41) is 0. The molecule has 0 saturated carbocycles. The van der Waals surface area contributed by atoms with E-state index in [9.17, 15) is 4.79 Å². The Morgan fingerprint density at radius 3 is 2.00 bits per heavy atom. The molecule has 0 amide bonds. The van der Waals surface area contributed by atoms with E-state index >= 15 is 0 Å².